The largest absolute Gasteiger partial charge is 0.305 e. The fourth-order valence-electron chi connectivity index (χ4n) is 0.643. The smallest absolute Gasteiger partial charge is 0.261 e. The third kappa shape index (κ3) is 2.04. The molecular formula is C6H8N2O2S. The molecule has 1 atom stereocenters. The molecule has 0 spiro atoms. The number of hydrogen-bond acceptors (Lipinski definition) is 3. The first-order valence-corrected chi connectivity index (χ1v) is 4.04. The summed E-state index contributed by atoms with van der Waals surface area (Å²) < 4.78 is 0. The van der Waals surface area contributed by atoms with Gasteiger partial charge in [-0.15, -0.1) is 0 Å². The van der Waals surface area contributed by atoms with Gasteiger partial charge in [0.1, 0.15) is 0 Å². The van der Waals surface area contributed by atoms with E-state index in [1.165, 1.54) is 18.7 Å². The van der Waals surface area contributed by atoms with E-state index >= 15 is 0 Å². The van der Waals surface area contributed by atoms with Crippen LogP contribution in [0.5, 0.6) is 0 Å². The molecule has 60 valence electrons. The maximum absolute atomic E-state index is 10.8. The van der Waals surface area contributed by atoms with Crippen LogP contribution in [0.1, 0.15) is 13.8 Å². The van der Waals surface area contributed by atoms with Crippen molar-refractivity contribution in [1.82, 2.24) is 5.32 Å². The number of nitrogens with zero attached hydrogens (tertiary/aromatic N) is 1. The third-order valence-corrected chi connectivity index (χ3v) is 2.10. The van der Waals surface area contributed by atoms with Gasteiger partial charge < -0.3 is 5.32 Å². The van der Waals surface area contributed by atoms with Gasteiger partial charge in [0.05, 0.1) is 5.25 Å². The third-order valence-electron chi connectivity index (χ3n) is 1.13. The molecule has 0 radical (unpaired) electrons. The Kier molecular flexibility index (Phi) is 2.28. The SMILES string of the molecule is CC(=O)NC1=NC(=O)[C@@H](C)S1. The van der Waals surface area contributed by atoms with E-state index in [4.69, 9.17) is 0 Å². The van der Waals surface area contributed by atoms with Crippen molar-refractivity contribution in [3.63, 3.8) is 0 Å². The van der Waals surface area contributed by atoms with Crippen molar-refractivity contribution in [2.24, 2.45) is 4.99 Å². The zero-order valence-electron chi connectivity index (χ0n) is 6.25. The second-order valence-corrected chi connectivity index (χ2v) is 3.53. The molecule has 11 heavy (non-hydrogen) atoms. The summed E-state index contributed by atoms with van der Waals surface area (Å²) in [6.45, 7) is 3.14. The van der Waals surface area contributed by atoms with Gasteiger partial charge in [0.25, 0.3) is 5.91 Å². The highest BCUT2D eigenvalue weighted by atomic mass is 32.2. The van der Waals surface area contributed by atoms with Gasteiger partial charge in [0, 0.05) is 6.92 Å². The molecular weight excluding hydrogens is 164 g/mol. The number of aliphatic imine (C=N–C) groups is 1. The molecule has 0 aromatic heterocycles. The number of amides is 2. The van der Waals surface area contributed by atoms with Crippen LogP contribution in [0.15, 0.2) is 4.99 Å². The van der Waals surface area contributed by atoms with Crippen LogP contribution in [-0.2, 0) is 9.59 Å². The molecule has 0 saturated heterocycles. The van der Waals surface area contributed by atoms with E-state index in [1.807, 2.05) is 0 Å². The summed E-state index contributed by atoms with van der Waals surface area (Å²) in [4.78, 5) is 24.9. The molecule has 1 rings (SSSR count). The van der Waals surface area contributed by atoms with Gasteiger partial charge in [0.2, 0.25) is 5.91 Å². The second kappa shape index (κ2) is 3.04. The lowest BCUT2D eigenvalue weighted by Gasteiger charge is -1.98. The van der Waals surface area contributed by atoms with Crippen molar-refractivity contribution >= 4 is 28.7 Å². The summed E-state index contributed by atoms with van der Waals surface area (Å²) in [6, 6.07) is 0. The molecule has 5 heteroatoms. The topological polar surface area (TPSA) is 58.5 Å². The minimum atomic E-state index is -0.196. The number of hydrogen-bond donors (Lipinski definition) is 1. The second-order valence-electron chi connectivity index (χ2n) is 2.20. The zero-order chi connectivity index (χ0) is 8.43. The minimum Gasteiger partial charge on any atom is -0.305 e. The number of carbonyl (C=O) groups excluding carboxylic acids is 2. The zero-order valence-corrected chi connectivity index (χ0v) is 7.07. The molecule has 0 aromatic carbocycles. The summed E-state index contributed by atoms with van der Waals surface area (Å²) in [7, 11) is 0. The molecule has 0 aromatic rings. The monoisotopic (exact) mass is 172 g/mol. The van der Waals surface area contributed by atoms with Gasteiger partial charge >= 0.3 is 0 Å². The molecule has 0 saturated carbocycles. The Morgan fingerprint density at radius 2 is 2.36 bits per heavy atom. The Labute approximate surface area is 68.4 Å². The van der Waals surface area contributed by atoms with Crippen LogP contribution in [0.3, 0.4) is 0 Å². The predicted molar refractivity (Wildman–Crippen MR) is 43.3 cm³/mol. The summed E-state index contributed by atoms with van der Waals surface area (Å²) in [5, 5.41) is 2.71. The van der Waals surface area contributed by atoms with Crippen molar-refractivity contribution in [3.05, 3.63) is 0 Å². The number of thioether (sulfide) groups is 1. The predicted octanol–water partition coefficient (Wildman–Crippen LogP) is 0.140. The first-order chi connectivity index (χ1) is 5.09. The average Bonchev–Trinajstić information content (AvgIpc) is 2.10. The molecule has 2 amide bonds. The highest BCUT2D eigenvalue weighted by molar-refractivity contribution is 8.15. The maximum atomic E-state index is 10.8. The maximum Gasteiger partial charge on any atom is 0.261 e. The first kappa shape index (κ1) is 8.26. The molecule has 1 aliphatic heterocycles. The highest BCUT2D eigenvalue weighted by Gasteiger charge is 2.24. The Morgan fingerprint density at radius 1 is 1.73 bits per heavy atom. The van der Waals surface area contributed by atoms with E-state index in [0.29, 0.717) is 5.17 Å². The fraction of sp³-hybridized carbons (Fsp3) is 0.500. The number of nitrogens with one attached hydrogen (secondary N) is 1. The normalized spacial score (nSPS) is 23.3. The summed E-state index contributed by atoms with van der Waals surface area (Å²) >= 11 is 1.27. The van der Waals surface area contributed by atoms with Crippen molar-refractivity contribution in [1.29, 1.82) is 0 Å². The van der Waals surface area contributed by atoms with Crippen LogP contribution in [-0.4, -0.2) is 22.2 Å². The molecule has 1 aliphatic rings. The van der Waals surface area contributed by atoms with Gasteiger partial charge in [-0.2, -0.15) is 4.99 Å². The van der Waals surface area contributed by atoms with Crippen molar-refractivity contribution < 1.29 is 9.59 Å². The highest BCUT2D eigenvalue weighted by Crippen LogP contribution is 2.19. The van der Waals surface area contributed by atoms with E-state index in [-0.39, 0.29) is 17.1 Å². The van der Waals surface area contributed by atoms with E-state index in [0.717, 1.165) is 0 Å². The lowest BCUT2D eigenvalue weighted by molar-refractivity contribution is -0.117. The van der Waals surface area contributed by atoms with Crippen LogP contribution in [0.4, 0.5) is 0 Å². The van der Waals surface area contributed by atoms with Crippen LogP contribution in [0, 0.1) is 0 Å². The van der Waals surface area contributed by atoms with Crippen molar-refractivity contribution in [3.8, 4) is 0 Å². The van der Waals surface area contributed by atoms with Gasteiger partial charge in [-0.05, 0) is 6.92 Å². The molecule has 0 fully saturated rings. The van der Waals surface area contributed by atoms with Crippen LogP contribution >= 0.6 is 11.8 Å². The fourth-order valence-corrected chi connectivity index (χ4v) is 1.48. The summed E-state index contributed by atoms with van der Waals surface area (Å²) in [5.41, 5.74) is 0. The van der Waals surface area contributed by atoms with Gasteiger partial charge in [-0.3, -0.25) is 9.59 Å². The quantitative estimate of drug-likeness (QED) is 0.565. The van der Waals surface area contributed by atoms with Gasteiger partial charge in [-0.1, -0.05) is 11.8 Å². The first-order valence-electron chi connectivity index (χ1n) is 3.16. The summed E-state index contributed by atoms with van der Waals surface area (Å²) in [6.07, 6.45) is 0. The number of amidine groups is 1. The molecule has 4 nitrogen and oxygen atoms in total. The molecule has 1 N–H and O–H groups in total. The average molecular weight is 172 g/mol. The number of rotatable bonds is 0. The Bertz CT molecular complexity index is 237. The Balaban J connectivity index is 2.57. The Hall–Kier alpha value is -0.840. The van der Waals surface area contributed by atoms with Crippen LogP contribution in [0.2, 0.25) is 0 Å². The lowest BCUT2D eigenvalue weighted by atomic mass is 10.5. The van der Waals surface area contributed by atoms with Gasteiger partial charge in [-0.25, -0.2) is 0 Å². The lowest BCUT2D eigenvalue weighted by Crippen LogP contribution is -2.24. The van der Waals surface area contributed by atoms with Crippen molar-refractivity contribution in [2.75, 3.05) is 0 Å². The van der Waals surface area contributed by atoms with Crippen LogP contribution in [0.25, 0.3) is 0 Å². The number of carbonyl (C=O) groups is 2. The van der Waals surface area contributed by atoms with Crippen molar-refractivity contribution in [2.45, 2.75) is 19.1 Å². The van der Waals surface area contributed by atoms with E-state index in [1.54, 1.807) is 6.92 Å². The molecule has 0 unspecified atom stereocenters. The molecule has 0 aliphatic carbocycles. The van der Waals surface area contributed by atoms with Crippen LogP contribution < -0.4 is 5.32 Å². The molecule has 1 heterocycles. The van der Waals surface area contributed by atoms with E-state index in [2.05, 4.69) is 10.3 Å². The van der Waals surface area contributed by atoms with Gasteiger partial charge in [0.15, 0.2) is 5.17 Å². The Morgan fingerprint density at radius 3 is 2.73 bits per heavy atom. The van der Waals surface area contributed by atoms with E-state index < -0.39 is 0 Å². The minimum absolute atomic E-state index is 0.156. The molecule has 0 bridgehead atoms. The standard InChI is InChI=1S/C6H8N2O2S/c1-3-5(10)8-6(11-3)7-4(2)9/h3H,1-2H3,(H,7,8,9,10)/t3-/m1/s1. The summed E-state index contributed by atoms with van der Waals surface area (Å²) in [5.74, 6) is -0.378. The van der Waals surface area contributed by atoms with E-state index in [9.17, 15) is 9.59 Å².